The van der Waals surface area contributed by atoms with Crippen LogP contribution >= 0.6 is 34.8 Å². The molecule has 0 aliphatic carbocycles. The van der Waals surface area contributed by atoms with Crippen LogP contribution in [0, 0.1) is 0 Å². The molecule has 0 heterocycles. The fourth-order valence-corrected chi connectivity index (χ4v) is 1.78. The first-order chi connectivity index (χ1) is 6.65. The van der Waals surface area contributed by atoms with E-state index in [2.05, 4.69) is 6.92 Å². The molecule has 78 valence electrons. The van der Waals surface area contributed by atoms with E-state index < -0.39 is 0 Å². The Balaban J connectivity index is 2.63. The summed E-state index contributed by atoms with van der Waals surface area (Å²) in [4.78, 5) is 0. The molecular formula is C11H13Cl3. The van der Waals surface area contributed by atoms with Crippen LogP contribution in [0.4, 0.5) is 0 Å². The van der Waals surface area contributed by atoms with Crippen molar-refractivity contribution in [2.45, 2.75) is 31.6 Å². The Kier molecular flexibility index (Phi) is 5.08. The Hall–Kier alpha value is 0.0900. The summed E-state index contributed by atoms with van der Waals surface area (Å²) < 4.78 is 0. The Morgan fingerprint density at radius 1 is 1.29 bits per heavy atom. The number of rotatable bonds is 4. The molecule has 0 saturated carbocycles. The number of hydrogen-bond donors (Lipinski definition) is 0. The zero-order valence-electron chi connectivity index (χ0n) is 8.06. The monoisotopic (exact) mass is 250 g/mol. The summed E-state index contributed by atoms with van der Waals surface area (Å²) in [7, 11) is 0. The van der Waals surface area contributed by atoms with Gasteiger partial charge in [0.15, 0.2) is 0 Å². The van der Waals surface area contributed by atoms with E-state index in [-0.39, 0.29) is 5.38 Å². The topological polar surface area (TPSA) is 0 Å². The predicted molar refractivity (Wildman–Crippen MR) is 64.7 cm³/mol. The Bertz CT molecular complexity index is 297. The molecule has 1 rings (SSSR count). The summed E-state index contributed by atoms with van der Waals surface area (Å²) in [6, 6.07) is 5.71. The second kappa shape index (κ2) is 5.85. The van der Waals surface area contributed by atoms with E-state index in [1.54, 1.807) is 6.07 Å². The van der Waals surface area contributed by atoms with E-state index >= 15 is 0 Å². The summed E-state index contributed by atoms with van der Waals surface area (Å²) >= 11 is 18.0. The minimum absolute atomic E-state index is 0.227. The number of benzene rings is 1. The molecule has 1 atom stereocenters. The lowest BCUT2D eigenvalue weighted by atomic mass is 10.1. The molecule has 0 N–H and O–H groups in total. The molecule has 1 unspecified atom stereocenters. The van der Waals surface area contributed by atoms with Crippen LogP contribution in [0.1, 0.15) is 25.3 Å². The number of hydrogen-bond acceptors (Lipinski definition) is 0. The highest BCUT2D eigenvalue weighted by Crippen LogP contribution is 2.27. The van der Waals surface area contributed by atoms with Gasteiger partial charge < -0.3 is 0 Å². The minimum Gasteiger partial charge on any atom is -0.123 e. The fraction of sp³-hybridized carbons (Fsp3) is 0.455. The van der Waals surface area contributed by atoms with Gasteiger partial charge >= 0.3 is 0 Å². The van der Waals surface area contributed by atoms with Crippen molar-refractivity contribution >= 4 is 34.8 Å². The molecule has 0 aliphatic rings. The number of aryl methyl sites for hydroxylation is 1. The van der Waals surface area contributed by atoms with Crippen molar-refractivity contribution in [3.63, 3.8) is 0 Å². The predicted octanol–water partition coefficient (Wildman–Crippen LogP) is 4.94. The van der Waals surface area contributed by atoms with Crippen LogP contribution in [0.25, 0.3) is 0 Å². The second-order valence-electron chi connectivity index (χ2n) is 3.26. The molecule has 3 heteroatoms. The van der Waals surface area contributed by atoms with Crippen molar-refractivity contribution in [1.82, 2.24) is 0 Å². The molecule has 0 spiro atoms. The molecule has 0 fully saturated rings. The van der Waals surface area contributed by atoms with Crippen LogP contribution in [0.15, 0.2) is 18.2 Å². The quantitative estimate of drug-likeness (QED) is 0.665. The molecule has 0 aromatic heterocycles. The molecule has 0 nitrogen and oxygen atoms in total. The summed E-state index contributed by atoms with van der Waals surface area (Å²) in [5.41, 5.74) is 1.08. The zero-order chi connectivity index (χ0) is 10.6. The smallest absolute Gasteiger partial charge is 0.0624 e. The van der Waals surface area contributed by atoms with Crippen LogP contribution in [0.5, 0.6) is 0 Å². The third-order valence-corrected chi connectivity index (χ3v) is 3.59. The van der Waals surface area contributed by atoms with Gasteiger partial charge in [0, 0.05) is 5.38 Å². The van der Waals surface area contributed by atoms with E-state index in [4.69, 9.17) is 34.8 Å². The molecule has 1 aromatic rings. The van der Waals surface area contributed by atoms with Crippen LogP contribution in [0.3, 0.4) is 0 Å². The average Bonchev–Trinajstić information content (AvgIpc) is 2.20. The van der Waals surface area contributed by atoms with Crippen LogP contribution < -0.4 is 0 Å². The maximum Gasteiger partial charge on any atom is 0.0624 e. The van der Waals surface area contributed by atoms with Crippen molar-refractivity contribution in [2.24, 2.45) is 0 Å². The van der Waals surface area contributed by atoms with Gasteiger partial charge in [0.05, 0.1) is 10.0 Å². The van der Waals surface area contributed by atoms with Gasteiger partial charge in [-0.15, -0.1) is 11.6 Å². The van der Waals surface area contributed by atoms with Crippen molar-refractivity contribution in [3.8, 4) is 0 Å². The van der Waals surface area contributed by atoms with Crippen molar-refractivity contribution < 1.29 is 0 Å². The van der Waals surface area contributed by atoms with Crippen LogP contribution in [-0.4, -0.2) is 5.38 Å². The van der Waals surface area contributed by atoms with Gasteiger partial charge in [-0.3, -0.25) is 0 Å². The lowest BCUT2D eigenvalue weighted by molar-refractivity contribution is 0.727. The van der Waals surface area contributed by atoms with Gasteiger partial charge in [-0.25, -0.2) is 0 Å². The van der Waals surface area contributed by atoms with E-state index in [0.29, 0.717) is 10.0 Å². The highest BCUT2D eigenvalue weighted by atomic mass is 35.5. The molecule has 14 heavy (non-hydrogen) atoms. The lowest BCUT2D eigenvalue weighted by Gasteiger charge is -2.08. The van der Waals surface area contributed by atoms with Gasteiger partial charge in [0.2, 0.25) is 0 Å². The van der Waals surface area contributed by atoms with Crippen molar-refractivity contribution in [2.75, 3.05) is 0 Å². The average molecular weight is 252 g/mol. The highest BCUT2D eigenvalue weighted by Gasteiger charge is 2.06. The van der Waals surface area contributed by atoms with E-state index in [9.17, 15) is 0 Å². The lowest BCUT2D eigenvalue weighted by Crippen LogP contribution is -1.99. The molecule has 1 aromatic carbocycles. The summed E-state index contributed by atoms with van der Waals surface area (Å²) in [5, 5.41) is 1.51. The van der Waals surface area contributed by atoms with Gasteiger partial charge in [-0.2, -0.15) is 0 Å². The summed E-state index contributed by atoms with van der Waals surface area (Å²) in [5.74, 6) is 0. The summed E-state index contributed by atoms with van der Waals surface area (Å²) in [6.07, 6.45) is 2.82. The molecule has 0 saturated heterocycles. The summed E-state index contributed by atoms with van der Waals surface area (Å²) in [6.45, 7) is 2.08. The number of halogens is 3. The Morgan fingerprint density at radius 3 is 2.64 bits per heavy atom. The van der Waals surface area contributed by atoms with E-state index in [1.165, 1.54) is 0 Å². The molecule has 0 bridgehead atoms. The second-order valence-corrected chi connectivity index (χ2v) is 4.66. The first kappa shape index (κ1) is 12.2. The Labute approximate surface area is 100 Å². The first-order valence-corrected chi connectivity index (χ1v) is 5.91. The fourth-order valence-electron chi connectivity index (χ4n) is 1.26. The van der Waals surface area contributed by atoms with E-state index in [0.717, 1.165) is 24.8 Å². The standard InChI is InChI=1S/C11H13Cl3/c1-2-9(12)7-6-8-4-3-5-10(13)11(8)14/h3-5,9H,2,6-7H2,1H3. The highest BCUT2D eigenvalue weighted by molar-refractivity contribution is 6.42. The van der Waals surface area contributed by atoms with Gasteiger partial charge in [-0.1, -0.05) is 42.3 Å². The van der Waals surface area contributed by atoms with E-state index in [1.807, 2.05) is 12.1 Å². The molecule has 0 amide bonds. The van der Waals surface area contributed by atoms with Gasteiger partial charge in [0.25, 0.3) is 0 Å². The van der Waals surface area contributed by atoms with Crippen molar-refractivity contribution in [1.29, 1.82) is 0 Å². The Morgan fingerprint density at radius 2 is 2.00 bits per heavy atom. The largest absolute Gasteiger partial charge is 0.123 e. The van der Waals surface area contributed by atoms with Gasteiger partial charge in [-0.05, 0) is 30.9 Å². The molecule has 0 radical (unpaired) electrons. The third kappa shape index (κ3) is 3.34. The minimum atomic E-state index is 0.227. The zero-order valence-corrected chi connectivity index (χ0v) is 10.3. The molecular weight excluding hydrogens is 238 g/mol. The van der Waals surface area contributed by atoms with Crippen LogP contribution in [0.2, 0.25) is 10.0 Å². The SMILES string of the molecule is CCC(Cl)CCc1cccc(Cl)c1Cl. The normalized spacial score (nSPS) is 12.9. The first-order valence-electron chi connectivity index (χ1n) is 4.72. The number of alkyl halides is 1. The van der Waals surface area contributed by atoms with Crippen molar-refractivity contribution in [3.05, 3.63) is 33.8 Å². The third-order valence-electron chi connectivity index (χ3n) is 2.20. The van der Waals surface area contributed by atoms with Crippen LogP contribution in [-0.2, 0) is 6.42 Å². The van der Waals surface area contributed by atoms with Gasteiger partial charge in [0.1, 0.15) is 0 Å². The molecule has 0 aliphatic heterocycles. The maximum atomic E-state index is 6.04. The maximum absolute atomic E-state index is 6.04.